The van der Waals surface area contributed by atoms with Crippen LogP contribution in [0.1, 0.15) is 23.6 Å². The van der Waals surface area contributed by atoms with E-state index in [-0.39, 0.29) is 18.5 Å². The Balaban J connectivity index is 1.93. The summed E-state index contributed by atoms with van der Waals surface area (Å²) in [5, 5.41) is 9.30. The molecule has 0 fully saturated rings. The number of benzene rings is 2. The highest BCUT2D eigenvalue weighted by atomic mass is 79.9. The van der Waals surface area contributed by atoms with Gasteiger partial charge in [-0.3, -0.25) is 4.79 Å². The highest BCUT2D eigenvalue weighted by molar-refractivity contribution is 9.10. The van der Waals surface area contributed by atoms with Gasteiger partial charge in [-0.15, -0.1) is 0 Å². The molecule has 0 N–H and O–H groups in total. The molecule has 1 atom stereocenters. The zero-order valence-corrected chi connectivity index (χ0v) is 14.3. The number of azide groups is 1. The van der Waals surface area contributed by atoms with Gasteiger partial charge >= 0.3 is 0 Å². The van der Waals surface area contributed by atoms with Gasteiger partial charge in [0.1, 0.15) is 6.54 Å². The van der Waals surface area contributed by atoms with Crippen molar-refractivity contribution < 1.29 is 4.79 Å². The van der Waals surface area contributed by atoms with Crippen LogP contribution in [-0.4, -0.2) is 23.2 Å². The number of rotatable bonds is 4. The smallest absolute Gasteiger partial charge is 0.249 e. The first-order valence-electron chi connectivity index (χ1n) is 7.40. The number of halogens is 1. The van der Waals surface area contributed by atoms with Crippen LogP contribution in [0.5, 0.6) is 0 Å². The topological polar surface area (TPSA) is 81.4 Å². The lowest BCUT2D eigenvalue weighted by atomic mass is 9.98. The Morgan fingerprint density at radius 3 is 2.62 bits per heavy atom. The maximum absolute atomic E-state index is 12.4. The lowest BCUT2D eigenvalue weighted by Gasteiger charge is -2.21. The molecule has 2 aromatic carbocycles. The number of carbonyl (C=O) groups excluding carboxylic acids is 1. The first-order chi connectivity index (χ1) is 11.7. The summed E-state index contributed by atoms with van der Waals surface area (Å²) >= 11 is 3.42. The third kappa shape index (κ3) is 3.48. The summed E-state index contributed by atoms with van der Waals surface area (Å²) in [5.41, 5.74) is 11.3. The van der Waals surface area contributed by atoms with E-state index >= 15 is 0 Å². The van der Waals surface area contributed by atoms with Crippen LogP contribution in [0.4, 0.5) is 0 Å². The fraction of sp³-hybridized carbons (Fsp3) is 0.176. The lowest BCUT2D eigenvalue weighted by molar-refractivity contribution is -0.131. The average molecular weight is 384 g/mol. The van der Waals surface area contributed by atoms with Gasteiger partial charge < -0.3 is 0 Å². The predicted molar refractivity (Wildman–Crippen MR) is 95.3 cm³/mol. The van der Waals surface area contributed by atoms with Crippen molar-refractivity contribution in [3.8, 4) is 0 Å². The number of amides is 1. The van der Waals surface area contributed by atoms with Gasteiger partial charge in [-0.1, -0.05) is 63.5 Å². The maximum Gasteiger partial charge on any atom is 0.249 e. The second kappa shape index (κ2) is 7.29. The monoisotopic (exact) mass is 383 g/mol. The zero-order valence-electron chi connectivity index (χ0n) is 12.7. The molecule has 0 spiro atoms. The minimum absolute atomic E-state index is 0.199. The molecule has 0 saturated carbocycles. The summed E-state index contributed by atoms with van der Waals surface area (Å²) in [5.74, 6) is -0.313. The summed E-state index contributed by atoms with van der Waals surface area (Å²) in [4.78, 5) is 15.0. The Hall–Kier alpha value is -2.63. The van der Waals surface area contributed by atoms with Crippen molar-refractivity contribution in [2.24, 2.45) is 10.2 Å². The molecule has 7 heteroatoms. The zero-order chi connectivity index (χ0) is 16.9. The normalized spacial score (nSPS) is 16.5. The molecule has 1 unspecified atom stereocenters. The second-order valence-electron chi connectivity index (χ2n) is 5.31. The summed E-state index contributed by atoms with van der Waals surface area (Å²) < 4.78 is 0.973. The fourth-order valence-electron chi connectivity index (χ4n) is 2.65. The van der Waals surface area contributed by atoms with Gasteiger partial charge in [0.2, 0.25) is 5.91 Å². The Morgan fingerprint density at radius 2 is 1.96 bits per heavy atom. The minimum Gasteiger partial charge on any atom is -0.273 e. The number of hydrogen-bond donors (Lipinski definition) is 0. The first-order valence-corrected chi connectivity index (χ1v) is 8.19. The predicted octanol–water partition coefficient (Wildman–Crippen LogP) is 4.44. The molecule has 1 aliphatic rings. The van der Waals surface area contributed by atoms with E-state index in [0.717, 1.165) is 21.3 Å². The minimum atomic E-state index is -0.313. The third-order valence-electron chi connectivity index (χ3n) is 3.80. The van der Waals surface area contributed by atoms with Crippen molar-refractivity contribution in [3.63, 3.8) is 0 Å². The quantitative estimate of drug-likeness (QED) is 0.436. The second-order valence-corrected chi connectivity index (χ2v) is 6.23. The van der Waals surface area contributed by atoms with Gasteiger partial charge in [0.15, 0.2) is 0 Å². The van der Waals surface area contributed by atoms with Crippen LogP contribution in [0.2, 0.25) is 0 Å². The lowest BCUT2D eigenvalue weighted by Crippen LogP contribution is -2.28. The van der Waals surface area contributed by atoms with E-state index in [1.54, 1.807) is 0 Å². The van der Waals surface area contributed by atoms with Crippen LogP contribution in [-0.2, 0) is 4.79 Å². The van der Waals surface area contributed by atoms with E-state index in [1.165, 1.54) is 5.01 Å². The largest absolute Gasteiger partial charge is 0.273 e. The Morgan fingerprint density at radius 1 is 1.25 bits per heavy atom. The van der Waals surface area contributed by atoms with Crippen molar-refractivity contribution in [1.29, 1.82) is 0 Å². The summed E-state index contributed by atoms with van der Waals surface area (Å²) in [6.45, 7) is -0.241. The van der Waals surface area contributed by atoms with Gasteiger partial charge in [-0.2, -0.15) is 5.10 Å². The summed E-state index contributed by atoms with van der Waals surface area (Å²) in [6.07, 6.45) is 0.619. The molecule has 24 heavy (non-hydrogen) atoms. The van der Waals surface area contributed by atoms with Crippen LogP contribution >= 0.6 is 15.9 Å². The van der Waals surface area contributed by atoms with Crippen LogP contribution < -0.4 is 0 Å². The first kappa shape index (κ1) is 16.2. The van der Waals surface area contributed by atoms with Crippen LogP contribution in [0.3, 0.4) is 0 Å². The Kier molecular flexibility index (Phi) is 4.93. The van der Waals surface area contributed by atoms with E-state index in [4.69, 9.17) is 5.53 Å². The van der Waals surface area contributed by atoms with Gasteiger partial charge in [0, 0.05) is 15.8 Å². The molecule has 6 nitrogen and oxygen atoms in total. The number of hydrazone groups is 1. The Bertz CT molecular complexity index is 813. The van der Waals surface area contributed by atoms with Crippen molar-refractivity contribution in [2.75, 3.05) is 6.54 Å². The Labute approximate surface area is 147 Å². The molecular weight excluding hydrogens is 370 g/mol. The van der Waals surface area contributed by atoms with Crippen molar-refractivity contribution in [1.82, 2.24) is 5.01 Å². The molecule has 3 rings (SSSR count). The summed E-state index contributed by atoms with van der Waals surface area (Å²) in [7, 11) is 0. The highest BCUT2D eigenvalue weighted by Gasteiger charge is 2.32. The van der Waals surface area contributed by atoms with Crippen molar-refractivity contribution in [3.05, 3.63) is 80.6 Å². The highest BCUT2D eigenvalue weighted by Crippen LogP contribution is 2.33. The van der Waals surface area contributed by atoms with Crippen LogP contribution in [0.15, 0.2) is 69.3 Å². The van der Waals surface area contributed by atoms with Gasteiger partial charge in [0.25, 0.3) is 0 Å². The molecule has 2 aromatic rings. The molecule has 1 heterocycles. The van der Waals surface area contributed by atoms with Crippen molar-refractivity contribution >= 4 is 27.5 Å². The fourth-order valence-corrected chi connectivity index (χ4v) is 2.92. The van der Waals surface area contributed by atoms with E-state index in [9.17, 15) is 4.79 Å². The van der Waals surface area contributed by atoms with Gasteiger partial charge in [-0.05, 0) is 28.8 Å². The molecular formula is C17H14BrN5O. The molecule has 1 amide bonds. The van der Waals surface area contributed by atoms with E-state index < -0.39 is 0 Å². The van der Waals surface area contributed by atoms with Crippen LogP contribution in [0, 0.1) is 0 Å². The standard InChI is InChI=1S/C17H14BrN5O/c18-14-8-6-13(7-9-14)16-10-15(12-4-2-1-3-5-12)21-23(16)17(24)11-20-22-19/h1-9,16H,10-11H2. The van der Waals surface area contributed by atoms with Gasteiger partial charge in [-0.25, -0.2) is 5.01 Å². The molecule has 0 aliphatic carbocycles. The molecule has 1 aliphatic heterocycles. The number of hydrogen-bond acceptors (Lipinski definition) is 3. The molecule has 0 bridgehead atoms. The summed E-state index contributed by atoms with van der Waals surface area (Å²) in [6, 6.07) is 17.4. The molecule has 0 radical (unpaired) electrons. The van der Waals surface area contributed by atoms with Crippen molar-refractivity contribution in [2.45, 2.75) is 12.5 Å². The number of nitrogens with zero attached hydrogens (tertiary/aromatic N) is 5. The SMILES string of the molecule is [N-]=[N+]=NCC(=O)N1N=C(c2ccccc2)CC1c1ccc(Br)cc1. The third-order valence-corrected chi connectivity index (χ3v) is 4.33. The maximum atomic E-state index is 12.4. The van der Waals surface area contributed by atoms with E-state index in [1.807, 2.05) is 54.6 Å². The number of carbonyl (C=O) groups is 1. The van der Waals surface area contributed by atoms with Crippen LogP contribution in [0.25, 0.3) is 10.4 Å². The average Bonchev–Trinajstić information content (AvgIpc) is 3.06. The van der Waals surface area contributed by atoms with E-state index in [0.29, 0.717) is 6.42 Å². The molecule has 120 valence electrons. The molecule has 0 aromatic heterocycles. The molecule has 0 saturated heterocycles. The van der Waals surface area contributed by atoms with Gasteiger partial charge in [0.05, 0.1) is 11.8 Å². The van der Waals surface area contributed by atoms with E-state index in [2.05, 4.69) is 31.1 Å².